The molecule has 0 spiro atoms. The van der Waals surface area contributed by atoms with Crippen molar-refractivity contribution in [2.75, 3.05) is 7.11 Å². The van der Waals surface area contributed by atoms with Crippen LogP contribution in [0.4, 0.5) is 0 Å². The molecule has 1 aromatic heterocycles. The smallest absolute Gasteiger partial charge is 0.229 e. The van der Waals surface area contributed by atoms with Crippen molar-refractivity contribution < 1.29 is 13.9 Å². The number of carbonyl (C=O) groups excluding carboxylic acids is 1. The molecule has 112 valence electrons. The third-order valence-electron chi connectivity index (χ3n) is 4.48. The predicted molar refractivity (Wildman–Crippen MR) is 82.9 cm³/mol. The zero-order valence-corrected chi connectivity index (χ0v) is 13.1. The largest absolute Gasteiger partial charge is 0.451 e. The van der Waals surface area contributed by atoms with Crippen molar-refractivity contribution in [2.45, 2.75) is 38.2 Å². The number of para-hydroxylation sites is 1. The Morgan fingerprint density at radius 1 is 1.48 bits per heavy atom. The number of methoxy groups -OCH3 is 1. The van der Waals surface area contributed by atoms with Gasteiger partial charge in [-0.1, -0.05) is 37.1 Å². The molecule has 1 saturated carbocycles. The Bertz CT molecular complexity index is 676. The fourth-order valence-corrected chi connectivity index (χ4v) is 3.57. The summed E-state index contributed by atoms with van der Waals surface area (Å²) in [4.78, 5) is 12.9. The minimum atomic E-state index is -0.752. The molecule has 0 amide bonds. The number of hydrogen-bond acceptors (Lipinski definition) is 3. The standard InChI is InChI=1S/C17H19ClO3/c1-11-5-4-8-17(10-11,20-2)16(19)14-9-12-6-3-7-13(18)15(12)21-14/h3,6-7,9,11H,4-5,8,10H2,1-2H3. The summed E-state index contributed by atoms with van der Waals surface area (Å²) < 4.78 is 11.4. The number of fused-ring (bicyclic) bond motifs is 1. The molecule has 21 heavy (non-hydrogen) atoms. The summed E-state index contributed by atoms with van der Waals surface area (Å²) in [7, 11) is 1.62. The molecule has 2 unspecified atom stereocenters. The van der Waals surface area contributed by atoms with Crippen LogP contribution in [0.1, 0.15) is 43.2 Å². The Morgan fingerprint density at radius 2 is 2.29 bits per heavy atom. The second kappa shape index (κ2) is 5.47. The second-order valence-electron chi connectivity index (χ2n) is 6.00. The minimum absolute atomic E-state index is 0.0659. The fraction of sp³-hybridized carbons (Fsp3) is 0.471. The lowest BCUT2D eigenvalue weighted by Gasteiger charge is -2.36. The first-order chi connectivity index (χ1) is 10.1. The number of furan rings is 1. The highest BCUT2D eigenvalue weighted by molar-refractivity contribution is 6.34. The molecule has 1 fully saturated rings. The second-order valence-corrected chi connectivity index (χ2v) is 6.41. The summed E-state index contributed by atoms with van der Waals surface area (Å²) >= 11 is 6.12. The number of rotatable bonds is 3. The van der Waals surface area contributed by atoms with Crippen molar-refractivity contribution in [3.05, 3.63) is 35.0 Å². The van der Waals surface area contributed by atoms with E-state index in [2.05, 4.69) is 6.92 Å². The van der Waals surface area contributed by atoms with Gasteiger partial charge >= 0.3 is 0 Å². The van der Waals surface area contributed by atoms with E-state index in [1.165, 1.54) is 0 Å². The van der Waals surface area contributed by atoms with Crippen LogP contribution >= 0.6 is 11.6 Å². The average Bonchev–Trinajstić information content (AvgIpc) is 2.92. The van der Waals surface area contributed by atoms with Gasteiger partial charge in [0, 0.05) is 12.5 Å². The molecule has 0 radical (unpaired) electrons. The molecule has 3 rings (SSSR count). The van der Waals surface area contributed by atoms with Crippen LogP contribution in [0.2, 0.25) is 5.02 Å². The SMILES string of the molecule is COC1(C(=O)c2cc3cccc(Cl)c3o2)CCCC(C)C1. The van der Waals surface area contributed by atoms with Crippen LogP contribution in [-0.2, 0) is 4.74 Å². The van der Waals surface area contributed by atoms with Gasteiger partial charge in [0.15, 0.2) is 11.3 Å². The van der Waals surface area contributed by atoms with Crippen molar-refractivity contribution in [1.82, 2.24) is 0 Å². The van der Waals surface area contributed by atoms with E-state index in [1.807, 2.05) is 12.1 Å². The van der Waals surface area contributed by atoms with Crippen LogP contribution < -0.4 is 0 Å². The lowest BCUT2D eigenvalue weighted by atomic mass is 9.76. The van der Waals surface area contributed by atoms with Crippen LogP contribution in [0, 0.1) is 5.92 Å². The first-order valence-corrected chi connectivity index (χ1v) is 7.71. The average molecular weight is 307 g/mol. The Labute approximate surface area is 129 Å². The Balaban J connectivity index is 2.00. The molecule has 1 aliphatic carbocycles. The third-order valence-corrected chi connectivity index (χ3v) is 4.78. The van der Waals surface area contributed by atoms with E-state index < -0.39 is 5.60 Å². The summed E-state index contributed by atoms with van der Waals surface area (Å²) in [6.07, 6.45) is 3.64. The van der Waals surface area contributed by atoms with E-state index in [9.17, 15) is 4.79 Å². The maximum atomic E-state index is 12.9. The van der Waals surface area contributed by atoms with Crippen molar-refractivity contribution in [3.63, 3.8) is 0 Å². The van der Waals surface area contributed by atoms with Crippen LogP contribution in [0.5, 0.6) is 0 Å². The number of ketones is 1. The molecule has 1 aromatic carbocycles. The molecular formula is C17H19ClO3. The van der Waals surface area contributed by atoms with E-state index in [-0.39, 0.29) is 5.78 Å². The number of ether oxygens (including phenoxy) is 1. The van der Waals surface area contributed by atoms with Crippen molar-refractivity contribution in [3.8, 4) is 0 Å². The van der Waals surface area contributed by atoms with Gasteiger partial charge in [0.25, 0.3) is 0 Å². The number of Topliss-reactive ketones (excluding diaryl/α,β-unsaturated/α-hetero) is 1. The van der Waals surface area contributed by atoms with Gasteiger partial charge in [0.2, 0.25) is 5.78 Å². The predicted octanol–water partition coefficient (Wildman–Crippen LogP) is 4.86. The van der Waals surface area contributed by atoms with Crippen LogP contribution in [0.3, 0.4) is 0 Å². The highest BCUT2D eigenvalue weighted by Gasteiger charge is 2.43. The number of halogens is 1. The zero-order valence-electron chi connectivity index (χ0n) is 12.3. The van der Waals surface area contributed by atoms with E-state index >= 15 is 0 Å². The summed E-state index contributed by atoms with van der Waals surface area (Å²) in [5, 5.41) is 1.37. The molecule has 2 atom stereocenters. The van der Waals surface area contributed by atoms with Gasteiger partial charge in [0.05, 0.1) is 5.02 Å². The summed E-state index contributed by atoms with van der Waals surface area (Å²) in [5.41, 5.74) is -0.185. The van der Waals surface area contributed by atoms with E-state index in [4.69, 9.17) is 20.8 Å². The molecule has 0 aliphatic heterocycles. The van der Waals surface area contributed by atoms with Crippen molar-refractivity contribution >= 4 is 28.4 Å². The Morgan fingerprint density at radius 3 is 2.95 bits per heavy atom. The monoisotopic (exact) mass is 306 g/mol. The number of hydrogen-bond donors (Lipinski definition) is 0. The molecule has 0 N–H and O–H groups in total. The van der Waals surface area contributed by atoms with Gasteiger partial charge in [-0.2, -0.15) is 0 Å². The highest BCUT2D eigenvalue weighted by Crippen LogP contribution is 2.38. The number of carbonyl (C=O) groups is 1. The van der Waals surface area contributed by atoms with Crippen molar-refractivity contribution in [2.24, 2.45) is 5.92 Å². The normalized spacial score (nSPS) is 26.1. The van der Waals surface area contributed by atoms with Gasteiger partial charge in [-0.15, -0.1) is 0 Å². The first-order valence-electron chi connectivity index (χ1n) is 7.34. The van der Waals surface area contributed by atoms with E-state index in [0.29, 0.717) is 22.3 Å². The summed E-state index contributed by atoms with van der Waals surface area (Å²) in [6.45, 7) is 2.16. The Hall–Kier alpha value is -1.32. The summed E-state index contributed by atoms with van der Waals surface area (Å²) in [6, 6.07) is 7.27. The van der Waals surface area contributed by atoms with Crippen LogP contribution in [-0.4, -0.2) is 18.5 Å². The minimum Gasteiger partial charge on any atom is -0.451 e. The molecular weight excluding hydrogens is 288 g/mol. The molecule has 0 saturated heterocycles. The van der Waals surface area contributed by atoms with Gasteiger partial charge in [-0.3, -0.25) is 4.79 Å². The molecule has 4 heteroatoms. The topological polar surface area (TPSA) is 39.4 Å². The third kappa shape index (κ3) is 2.49. The fourth-order valence-electron chi connectivity index (χ4n) is 3.35. The molecule has 2 aromatic rings. The number of benzene rings is 1. The molecule has 3 nitrogen and oxygen atoms in total. The van der Waals surface area contributed by atoms with E-state index in [0.717, 1.165) is 31.1 Å². The lowest BCUT2D eigenvalue weighted by Crippen LogP contribution is -2.44. The van der Waals surface area contributed by atoms with Crippen LogP contribution in [0.25, 0.3) is 11.0 Å². The lowest BCUT2D eigenvalue weighted by molar-refractivity contribution is -0.0318. The van der Waals surface area contributed by atoms with Crippen molar-refractivity contribution in [1.29, 1.82) is 0 Å². The van der Waals surface area contributed by atoms with Crippen LogP contribution in [0.15, 0.2) is 28.7 Å². The first kappa shape index (κ1) is 14.6. The van der Waals surface area contributed by atoms with Gasteiger partial charge in [0.1, 0.15) is 5.60 Å². The molecule has 1 heterocycles. The maximum absolute atomic E-state index is 12.9. The quantitative estimate of drug-likeness (QED) is 0.760. The maximum Gasteiger partial charge on any atom is 0.229 e. The van der Waals surface area contributed by atoms with Gasteiger partial charge in [-0.25, -0.2) is 0 Å². The van der Waals surface area contributed by atoms with Gasteiger partial charge < -0.3 is 9.15 Å². The van der Waals surface area contributed by atoms with Gasteiger partial charge in [-0.05, 0) is 37.3 Å². The highest BCUT2D eigenvalue weighted by atomic mass is 35.5. The Kier molecular flexibility index (Phi) is 3.80. The zero-order chi connectivity index (χ0) is 15.0. The molecule has 1 aliphatic rings. The van der Waals surface area contributed by atoms with E-state index in [1.54, 1.807) is 19.2 Å². The molecule has 0 bridgehead atoms. The summed E-state index contributed by atoms with van der Waals surface area (Å²) in [5.74, 6) is 0.758.